The van der Waals surface area contributed by atoms with Gasteiger partial charge in [-0.2, -0.15) is 0 Å². The van der Waals surface area contributed by atoms with Gasteiger partial charge in [-0.25, -0.2) is 4.39 Å². The fourth-order valence-electron chi connectivity index (χ4n) is 1.36. The Kier molecular flexibility index (Phi) is 2.37. The zero-order chi connectivity index (χ0) is 10.8. The Morgan fingerprint density at radius 2 is 1.87 bits per heavy atom. The smallest absolute Gasteiger partial charge is 0.146 e. The highest BCUT2D eigenvalue weighted by atomic mass is 19.1. The molecule has 0 aliphatic rings. The van der Waals surface area contributed by atoms with Crippen molar-refractivity contribution in [3.05, 3.63) is 48.0 Å². The van der Waals surface area contributed by atoms with Crippen LogP contribution in [0.25, 0.3) is 11.1 Å². The summed E-state index contributed by atoms with van der Waals surface area (Å²) in [5, 5.41) is 0. The van der Waals surface area contributed by atoms with Gasteiger partial charge in [-0.05, 0) is 30.7 Å². The van der Waals surface area contributed by atoms with Crippen molar-refractivity contribution in [3.63, 3.8) is 0 Å². The third-order valence-corrected chi connectivity index (χ3v) is 2.24. The zero-order valence-electron chi connectivity index (χ0n) is 8.37. The number of halogens is 1. The average Bonchev–Trinajstić information content (AvgIpc) is 2.23. The van der Waals surface area contributed by atoms with Gasteiger partial charge >= 0.3 is 0 Å². The maximum atomic E-state index is 12.9. The second-order valence-corrected chi connectivity index (χ2v) is 3.42. The van der Waals surface area contributed by atoms with Crippen LogP contribution in [0.2, 0.25) is 0 Å². The molecule has 0 saturated heterocycles. The average molecular weight is 202 g/mol. The molecule has 0 fully saturated rings. The first-order chi connectivity index (χ1) is 7.16. The van der Waals surface area contributed by atoms with Crippen LogP contribution < -0.4 is 5.73 Å². The fraction of sp³-hybridized carbons (Fsp3) is 0.0833. The van der Waals surface area contributed by atoms with Gasteiger partial charge in [0.15, 0.2) is 0 Å². The predicted molar refractivity (Wildman–Crippen MR) is 58.8 cm³/mol. The molecule has 0 amide bonds. The molecule has 0 saturated carbocycles. The molecule has 15 heavy (non-hydrogen) atoms. The van der Waals surface area contributed by atoms with Crippen LogP contribution in [0.5, 0.6) is 0 Å². The van der Waals surface area contributed by atoms with Gasteiger partial charge in [0.05, 0.1) is 5.69 Å². The topological polar surface area (TPSA) is 38.9 Å². The Hall–Kier alpha value is -1.90. The van der Waals surface area contributed by atoms with E-state index >= 15 is 0 Å². The highest BCUT2D eigenvalue weighted by molar-refractivity contribution is 5.66. The maximum absolute atomic E-state index is 12.9. The van der Waals surface area contributed by atoms with Gasteiger partial charge in [0.2, 0.25) is 0 Å². The number of nitrogens with zero attached hydrogens (tertiary/aromatic N) is 1. The highest BCUT2D eigenvalue weighted by Gasteiger charge is 2.02. The van der Waals surface area contributed by atoms with Crippen LogP contribution >= 0.6 is 0 Å². The molecule has 2 nitrogen and oxygen atoms in total. The molecule has 0 aliphatic heterocycles. The molecule has 2 aromatic rings. The number of aryl methyl sites for hydroxylation is 1. The summed E-state index contributed by atoms with van der Waals surface area (Å²) in [4.78, 5) is 4.17. The minimum atomic E-state index is -0.390. The van der Waals surface area contributed by atoms with Crippen molar-refractivity contribution in [1.29, 1.82) is 0 Å². The van der Waals surface area contributed by atoms with E-state index in [1.807, 2.05) is 19.1 Å². The highest BCUT2D eigenvalue weighted by Crippen LogP contribution is 2.22. The fourth-order valence-corrected chi connectivity index (χ4v) is 1.36. The van der Waals surface area contributed by atoms with E-state index in [0.717, 1.165) is 16.8 Å². The monoisotopic (exact) mass is 202 g/mol. The number of aromatic nitrogens is 1. The summed E-state index contributed by atoms with van der Waals surface area (Å²) in [6.45, 7) is 1.92. The second kappa shape index (κ2) is 3.69. The minimum Gasteiger partial charge on any atom is -0.396 e. The first-order valence-electron chi connectivity index (χ1n) is 4.65. The van der Waals surface area contributed by atoms with Crippen LogP contribution in [0.1, 0.15) is 5.69 Å². The molecule has 1 aromatic carbocycles. The van der Waals surface area contributed by atoms with Crippen LogP contribution in [0, 0.1) is 12.7 Å². The summed E-state index contributed by atoms with van der Waals surface area (Å²) >= 11 is 0. The molecule has 2 rings (SSSR count). The van der Waals surface area contributed by atoms with Gasteiger partial charge in [-0.1, -0.05) is 12.1 Å². The zero-order valence-corrected chi connectivity index (χ0v) is 8.37. The molecule has 0 radical (unpaired) electrons. The third-order valence-electron chi connectivity index (χ3n) is 2.24. The summed E-state index contributed by atoms with van der Waals surface area (Å²) in [6, 6.07) is 8.52. The first-order valence-corrected chi connectivity index (χ1v) is 4.65. The van der Waals surface area contributed by atoms with Gasteiger partial charge < -0.3 is 5.73 Å². The van der Waals surface area contributed by atoms with Crippen molar-refractivity contribution in [2.45, 2.75) is 6.92 Å². The lowest BCUT2D eigenvalue weighted by Crippen LogP contribution is -1.91. The van der Waals surface area contributed by atoms with Gasteiger partial charge in [0, 0.05) is 17.5 Å². The normalized spacial score (nSPS) is 10.3. The van der Waals surface area contributed by atoms with Gasteiger partial charge in [-0.3, -0.25) is 4.98 Å². The summed E-state index contributed by atoms with van der Waals surface area (Å²) in [7, 11) is 0. The van der Waals surface area contributed by atoms with Crippen molar-refractivity contribution in [3.8, 4) is 11.1 Å². The minimum absolute atomic E-state index is 0.160. The number of hydrogen-bond acceptors (Lipinski definition) is 2. The van der Waals surface area contributed by atoms with Gasteiger partial charge in [-0.15, -0.1) is 0 Å². The summed E-state index contributed by atoms with van der Waals surface area (Å²) in [5.41, 5.74) is 8.42. The van der Waals surface area contributed by atoms with E-state index in [1.54, 1.807) is 18.3 Å². The lowest BCUT2D eigenvalue weighted by atomic mass is 10.1. The molecule has 1 heterocycles. The van der Waals surface area contributed by atoms with E-state index in [1.165, 1.54) is 6.07 Å². The van der Waals surface area contributed by atoms with Crippen molar-refractivity contribution in [1.82, 2.24) is 4.98 Å². The Balaban J connectivity index is 2.45. The van der Waals surface area contributed by atoms with Crippen LogP contribution in [-0.2, 0) is 0 Å². The van der Waals surface area contributed by atoms with Crippen LogP contribution in [-0.4, -0.2) is 4.98 Å². The summed E-state index contributed by atoms with van der Waals surface area (Å²) < 4.78 is 12.9. The first kappa shape index (κ1) is 9.65. The number of nitrogens with two attached hydrogens (primary N) is 1. The molecule has 0 spiro atoms. The van der Waals surface area contributed by atoms with Crippen molar-refractivity contribution < 1.29 is 4.39 Å². The number of anilines is 1. The molecule has 3 heteroatoms. The largest absolute Gasteiger partial charge is 0.396 e. The second-order valence-electron chi connectivity index (χ2n) is 3.42. The standard InChI is InChI=1S/C12H11FN2/c1-8-2-3-10(7-15-8)9-4-5-11(13)12(14)6-9/h2-7H,14H2,1H3. The predicted octanol–water partition coefficient (Wildman–Crippen LogP) is 2.78. The molecule has 0 atom stereocenters. The Labute approximate surface area is 87.6 Å². The lowest BCUT2D eigenvalue weighted by molar-refractivity contribution is 0.632. The van der Waals surface area contributed by atoms with E-state index < -0.39 is 0 Å². The molecule has 0 aliphatic carbocycles. The number of nitrogen functional groups attached to an aromatic ring is 1. The van der Waals surface area contributed by atoms with Crippen LogP contribution in [0.15, 0.2) is 36.5 Å². The Morgan fingerprint density at radius 1 is 1.13 bits per heavy atom. The van der Waals surface area contributed by atoms with E-state index in [2.05, 4.69) is 4.98 Å². The van der Waals surface area contributed by atoms with Crippen molar-refractivity contribution >= 4 is 5.69 Å². The molecule has 0 unspecified atom stereocenters. The Bertz CT molecular complexity index is 477. The number of benzene rings is 1. The Morgan fingerprint density at radius 3 is 2.47 bits per heavy atom. The SMILES string of the molecule is Cc1ccc(-c2ccc(F)c(N)c2)cn1. The lowest BCUT2D eigenvalue weighted by Gasteiger charge is -2.03. The van der Waals surface area contributed by atoms with Gasteiger partial charge in [0.1, 0.15) is 5.82 Å². The molecular weight excluding hydrogens is 191 g/mol. The van der Waals surface area contributed by atoms with E-state index in [4.69, 9.17) is 5.73 Å². The molecule has 2 N–H and O–H groups in total. The molecule has 76 valence electrons. The number of rotatable bonds is 1. The van der Waals surface area contributed by atoms with Gasteiger partial charge in [0.25, 0.3) is 0 Å². The van der Waals surface area contributed by atoms with Crippen LogP contribution in [0.3, 0.4) is 0 Å². The van der Waals surface area contributed by atoms with Crippen molar-refractivity contribution in [2.24, 2.45) is 0 Å². The van der Waals surface area contributed by atoms with E-state index in [9.17, 15) is 4.39 Å². The summed E-state index contributed by atoms with van der Waals surface area (Å²) in [6.07, 6.45) is 1.75. The van der Waals surface area contributed by atoms with E-state index in [0.29, 0.717) is 0 Å². The number of hydrogen-bond donors (Lipinski definition) is 1. The maximum Gasteiger partial charge on any atom is 0.146 e. The quantitative estimate of drug-likeness (QED) is 0.722. The molecule has 1 aromatic heterocycles. The third kappa shape index (κ3) is 1.96. The molecular formula is C12H11FN2. The summed E-state index contributed by atoms with van der Waals surface area (Å²) in [5.74, 6) is -0.390. The van der Waals surface area contributed by atoms with E-state index in [-0.39, 0.29) is 11.5 Å². The van der Waals surface area contributed by atoms with Crippen LogP contribution in [0.4, 0.5) is 10.1 Å². The van der Waals surface area contributed by atoms with Crippen molar-refractivity contribution in [2.75, 3.05) is 5.73 Å². The molecule has 0 bridgehead atoms. The number of pyridine rings is 1.